The average molecular weight is 384 g/mol. The van der Waals surface area contributed by atoms with Crippen LogP contribution in [0, 0.1) is 6.92 Å². The number of nitrogens with zero attached hydrogens (tertiary/aromatic N) is 1. The molecule has 2 rings (SSSR count). The lowest BCUT2D eigenvalue weighted by Gasteiger charge is -2.15. The highest BCUT2D eigenvalue weighted by Gasteiger charge is 2.38. The minimum atomic E-state index is -5.15. The van der Waals surface area contributed by atoms with Gasteiger partial charge in [0.25, 0.3) is 10.0 Å². The Kier molecular flexibility index (Phi) is 4.73. The van der Waals surface area contributed by atoms with Gasteiger partial charge >= 0.3 is 12.4 Å². The number of nitrogens with one attached hydrogen (secondary N) is 1. The van der Waals surface area contributed by atoms with Crippen LogP contribution in [0.4, 0.5) is 32.2 Å². The van der Waals surface area contributed by atoms with E-state index < -0.39 is 38.4 Å². The summed E-state index contributed by atoms with van der Waals surface area (Å²) in [5, 5.41) is 0. The van der Waals surface area contributed by atoms with Gasteiger partial charge in [-0.1, -0.05) is 6.07 Å². The second-order valence-corrected chi connectivity index (χ2v) is 6.70. The maximum Gasteiger partial charge on any atom is 0.416 e. The van der Waals surface area contributed by atoms with Crippen molar-refractivity contribution in [3.8, 4) is 0 Å². The fourth-order valence-electron chi connectivity index (χ4n) is 1.86. The summed E-state index contributed by atoms with van der Waals surface area (Å²) in [4.78, 5) is 2.53. The van der Waals surface area contributed by atoms with Gasteiger partial charge in [0.1, 0.15) is 5.82 Å². The first kappa shape index (κ1) is 19.0. The van der Waals surface area contributed by atoms with Gasteiger partial charge in [-0.05, 0) is 36.8 Å². The standard InChI is InChI=1S/C14H10F6N2O2S/c1-8-3-2-4-21-12(8)22-25(23,24)11-6-9(13(15,16)17)5-10(7-11)14(18,19)20/h2-7H,1H3,(H,21,22). The molecule has 0 aliphatic carbocycles. The Bertz CT molecular complexity index is 859. The van der Waals surface area contributed by atoms with Crippen molar-refractivity contribution in [3.05, 3.63) is 53.2 Å². The minimum Gasteiger partial charge on any atom is -0.263 e. The lowest BCUT2D eigenvalue weighted by molar-refractivity contribution is -0.143. The third kappa shape index (κ3) is 4.41. The van der Waals surface area contributed by atoms with Gasteiger partial charge in [0, 0.05) is 6.20 Å². The summed E-state index contributed by atoms with van der Waals surface area (Å²) in [7, 11) is -4.71. The number of pyridine rings is 1. The molecule has 1 heterocycles. The monoisotopic (exact) mass is 384 g/mol. The third-order valence-electron chi connectivity index (χ3n) is 3.11. The largest absolute Gasteiger partial charge is 0.416 e. The van der Waals surface area contributed by atoms with Crippen LogP contribution in [-0.4, -0.2) is 13.4 Å². The minimum absolute atomic E-state index is 0.135. The number of aromatic nitrogens is 1. The molecule has 0 aliphatic heterocycles. The zero-order valence-corrected chi connectivity index (χ0v) is 13.2. The highest BCUT2D eigenvalue weighted by molar-refractivity contribution is 7.92. The molecule has 4 nitrogen and oxygen atoms in total. The van der Waals surface area contributed by atoms with Crippen LogP contribution in [0.3, 0.4) is 0 Å². The Balaban J connectivity index is 2.58. The molecule has 0 fully saturated rings. The fourth-order valence-corrected chi connectivity index (χ4v) is 3.01. The molecular weight excluding hydrogens is 374 g/mol. The predicted octanol–water partition coefficient (Wildman–Crippen LogP) is 4.23. The van der Waals surface area contributed by atoms with E-state index >= 15 is 0 Å². The van der Waals surface area contributed by atoms with Gasteiger partial charge in [0.2, 0.25) is 0 Å². The van der Waals surface area contributed by atoms with Gasteiger partial charge in [0.05, 0.1) is 16.0 Å². The van der Waals surface area contributed by atoms with Crippen LogP contribution >= 0.6 is 0 Å². The van der Waals surface area contributed by atoms with Gasteiger partial charge in [-0.3, -0.25) is 4.72 Å². The van der Waals surface area contributed by atoms with Crippen molar-refractivity contribution < 1.29 is 34.8 Å². The van der Waals surface area contributed by atoms with Crippen LogP contribution in [0.25, 0.3) is 0 Å². The van der Waals surface area contributed by atoms with Crippen molar-refractivity contribution in [1.82, 2.24) is 4.98 Å². The number of halogens is 6. The number of sulfonamides is 1. The van der Waals surface area contributed by atoms with Crippen LogP contribution in [0.2, 0.25) is 0 Å². The summed E-state index contributed by atoms with van der Waals surface area (Å²) in [5.74, 6) is -0.200. The number of benzene rings is 1. The SMILES string of the molecule is Cc1cccnc1NS(=O)(=O)c1cc(C(F)(F)F)cc(C(F)(F)F)c1. The highest BCUT2D eigenvalue weighted by atomic mass is 32.2. The number of hydrogen-bond donors (Lipinski definition) is 1. The number of hydrogen-bond acceptors (Lipinski definition) is 3. The van der Waals surface area contributed by atoms with Gasteiger partial charge in [0.15, 0.2) is 0 Å². The van der Waals surface area contributed by atoms with Crippen molar-refractivity contribution in [2.24, 2.45) is 0 Å². The third-order valence-corrected chi connectivity index (χ3v) is 4.43. The topological polar surface area (TPSA) is 59.1 Å². The zero-order chi connectivity index (χ0) is 19.0. The normalized spacial score (nSPS) is 12.9. The Hall–Kier alpha value is -2.30. The molecule has 0 radical (unpaired) electrons. The van der Waals surface area contributed by atoms with E-state index in [2.05, 4.69) is 4.98 Å². The molecule has 0 atom stereocenters. The summed E-state index contributed by atoms with van der Waals surface area (Å²) in [6.07, 6.45) is -9.07. The van der Waals surface area contributed by atoms with E-state index in [4.69, 9.17) is 0 Å². The average Bonchev–Trinajstić information content (AvgIpc) is 2.47. The van der Waals surface area contributed by atoms with Crippen LogP contribution in [0.5, 0.6) is 0 Å². The zero-order valence-electron chi connectivity index (χ0n) is 12.4. The quantitative estimate of drug-likeness (QED) is 0.806. The molecule has 0 spiro atoms. The summed E-state index contributed by atoms with van der Waals surface area (Å²) in [6.45, 7) is 1.47. The van der Waals surface area contributed by atoms with E-state index in [-0.39, 0.29) is 24.0 Å². The Morgan fingerprint density at radius 2 is 1.48 bits per heavy atom. The van der Waals surface area contributed by atoms with E-state index in [9.17, 15) is 34.8 Å². The summed E-state index contributed by atoms with van der Waals surface area (Å²) >= 11 is 0. The van der Waals surface area contributed by atoms with Crippen molar-refractivity contribution in [3.63, 3.8) is 0 Å². The molecule has 25 heavy (non-hydrogen) atoms. The summed E-state index contributed by atoms with van der Waals surface area (Å²) in [5.41, 5.74) is -3.10. The molecule has 0 aliphatic rings. The Morgan fingerprint density at radius 3 is 1.92 bits per heavy atom. The number of alkyl halides is 6. The van der Waals surface area contributed by atoms with Crippen LogP contribution in [0.1, 0.15) is 16.7 Å². The molecule has 136 valence electrons. The van der Waals surface area contributed by atoms with Crippen molar-refractivity contribution >= 4 is 15.8 Å². The molecule has 1 N–H and O–H groups in total. The van der Waals surface area contributed by atoms with Gasteiger partial charge in [-0.2, -0.15) is 26.3 Å². The van der Waals surface area contributed by atoms with Crippen LogP contribution < -0.4 is 4.72 Å². The molecule has 1 aromatic carbocycles. The van der Waals surface area contributed by atoms with E-state index in [0.29, 0.717) is 5.56 Å². The maximum atomic E-state index is 12.8. The Labute approximate surface area is 138 Å². The first-order valence-electron chi connectivity index (χ1n) is 6.54. The van der Waals surface area contributed by atoms with Crippen LogP contribution in [0.15, 0.2) is 41.4 Å². The lowest BCUT2D eigenvalue weighted by Crippen LogP contribution is -2.18. The molecular formula is C14H10F6N2O2S. The smallest absolute Gasteiger partial charge is 0.263 e. The lowest BCUT2D eigenvalue weighted by atomic mass is 10.1. The summed E-state index contributed by atoms with van der Waals surface area (Å²) in [6, 6.07) is 3.08. The summed E-state index contributed by atoms with van der Waals surface area (Å²) < 4.78 is 103. The van der Waals surface area contributed by atoms with Crippen LogP contribution in [-0.2, 0) is 22.4 Å². The number of aryl methyl sites for hydroxylation is 1. The Morgan fingerprint density at radius 1 is 0.960 bits per heavy atom. The number of anilines is 1. The van der Waals surface area contributed by atoms with E-state index in [1.165, 1.54) is 25.3 Å². The molecule has 0 saturated heterocycles. The van der Waals surface area contributed by atoms with E-state index in [1.807, 2.05) is 4.72 Å². The second-order valence-electron chi connectivity index (χ2n) is 5.02. The maximum absolute atomic E-state index is 12.8. The molecule has 2 aromatic rings. The molecule has 0 unspecified atom stereocenters. The van der Waals surface area contributed by atoms with Crippen molar-refractivity contribution in [2.75, 3.05) is 4.72 Å². The molecule has 0 amide bonds. The molecule has 0 saturated carbocycles. The highest BCUT2D eigenvalue weighted by Crippen LogP contribution is 2.37. The number of rotatable bonds is 3. The van der Waals surface area contributed by atoms with Gasteiger partial charge < -0.3 is 0 Å². The molecule has 11 heteroatoms. The van der Waals surface area contributed by atoms with Crippen molar-refractivity contribution in [2.45, 2.75) is 24.2 Å². The second kappa shape index (κ2) is 6.21. The first-order valence-corrected chi connectivity index (χ1v) is 8.03. The molecule has 0 bridgehead atoms. The van der Waals surface area contributed by atoms with Gasteiger partial charge in [-0.15, -0.1) is 0 Å². The van der Waals surface area contributed by atoms with E-state index in [0.717, 1.165) is 0 Å². The van der Waals surface area contributed by atoms with Gasteiger partial charge in [-0.25, -0.2) is 13.4 Å². The fraction of sp³-hybridized carbons (Fsp3) is 0.214. The first-order chi connectivity index (χ1) is 11.3. The van der Waals surface area contributed by atoms with Crippen molar-refractivity contribution in [1.29, 1.82) is 0 Å². The molecule has 1 aromatic heterocycles. The predicted molar refractivity (Wildman–Crippen MR) is 76.2 cm³/mol. The van der Waals surface area contributed by atoms with E-state index in [1.54, 1.807) is 0 Å².